The Morgan fingerprint density at radius 1 is 1.07 bits per heavy atom. The molecule has 1 aromatic carbocycles. The second kappa shape index (κ2) is 3.55. The van der Waals surface area contributed by atoms with Gasteiger partial charge in [-0.05, 0) is 48.3 Å². The average Bonchev–Trinajstić information content (AvgIpc) is 2.15. The van der Waals surface area contributed by atoms with E-state index in [1.165, 1.54) is 36.0 Å². The normalized spacial score (nSPS) is 16.2. The molecule has 0 saturated heterocycles. The van der Waals surface area contributed by atoms with Crippen molar-refractivity contribution in [3.8, 4) is 5.75 Å². The lowest BCUT2D eigenvalue weighted by atomic mass is 9.77. The van der Waals surface area contributed by atoms with Crippen molar-refractivity contribution < 1.29 is 5.11 Å². The third kappa shape index (κ3) is 1.88. The van der Waals surface area contributed by atoms with Gasteiger partial charge in [0.15, 0.2) is 0 Å². The zero-order chi connectivity index (χ0) is 11.1. The number of aryl methyl sites for hydroxylation is 1. The molecule has 0 aromatic heterocycles. The molecule has 0 fully saturated rings. The molecule has 1 aliphatic rings. The molecule has 0 unspecified atom stereocenters. The fourth-order valence-corrected chi connectivity index (χ4v) is 2.65. The Hall–Kier alpha value is -0.980. The molecular formula is C14H20O. The second-order valence-electron chi connectivity index (χ2n) is 5.55. The maximum Gasteiger partial charge on any atom is 0.119 e. The van der Waals surface area contributed by atoms with Gasteiger partial charge in [0.1, 0.15) is 5.75 Å². The molecule has 0 aliphatic heterocycles. The van der Waals surface area contributed by atoms with E-state index in [-0.39, 0.29) is 5.41 Å². The summed E-state index contributed by atoms with van der Waals surface area (Å²) >= 11 is 0. The molecule has 82 valence electrons. The number of phenols is 1. The lowest BCUT2D eigenvalue weighted by Gasteiger charge is -2.28. The molecule has 1 nitrogen and oxygen atoms in total. The predicted octanol–water partition coefficient (Wildman–Crippen LogP) is 3.57. The first kappa shape index (κ1) is 10.5. The van der Waals surface area contributed by atoms with Crippen molar-refractivity contribution in [3.05, 3.63) is 28.8 Å². The fourth-order valence-electron chi connectivity index (χ4n) is 2.65. The molecule has 0 bridgehead atoms. The van der Waals surface area contributed by atoms with E-state index in [4.69, 9.17) is 0 Å². The first-order valence-corrected chi connectivity index (χ1v) is 5.84. The third-order valence-electron chi connectivity index (χ3n) is 3.26. The smallest absolute Gasteiger partial charge is 0.119 e. The standard InChI is InChI=1S/C14H20O/c1-14(2,3)13-11-7-5-4-6-10(11)8-9-12(13)15/h8-9,15H,4-7H2,1-3H3. The van der Waals surface area contributed by atoms with Crippen molar-refractivity contribution in [2.24, 2.45) is 0 Å². The summed E-state index contributed by atoms with van der Waals surface area (Å²) in [7, 11) is 0. The summed E-state index contributed by atoms with van der Waals surface area (Å²) < 4.78 is 0. The summed E-state index contributed by atoms with van der Waals surface area (Å²) in [5.74, 6) is 0.475. The number of fused-ring (bicyclic) bond motifs is 1. The molecule has 2 rings (SSSR count). The van der Waals surface area contributed by atoms with Crippen LogP contribution in [0.15, 0.2) is 12.1 Å². The van der Waals surface area contributed by atoms with Crippen molar-refractivity contribution in [1.29, 1.82) is 0 Å². The van der Waals surface area contributed by atoms with Crippen LogP contribution in [-0.4, -0.2) is 5.11 Å². The molecule has 1 heteroatoms. The van der Waals surface area contributed by atoms with Gasteiger partial charge < -0.3 is 5.11 Å². The first-order valence-electron chi connectivity index (χ1n) is 5.84. The Kier molecular flexibility index (Phi) is 2.49. The summed E-state index contributed by atoms with van der Waals surface area (Å²) in [6, 6.07) is 3.96. The van der Waals surface area contributed by atoms with Gasteiger partial charge in [-0.15, -0.1) is 0 Å². The number of hydrogen-bond acceptors (Lipinski definition) is 1. The van der Waals surface area contributed by atoms with Crippen molar-refractivity contribution in [2.75, 3.05) is 0 Å². The Labute approximate surface area is 92.1 Å². The van der Waals surface area contributed by atoms with Crippen LogP contribution in [0.1, 0.15) is 50.3 Å². The van der Waals surface area contributed by atoms with Gasteiger partial charge in [-0.25, -0.2) is 0 Å². The fraction of sp³-hybridized carbons (Fsp3) is 0.571. The minimum atomic E-state index is 0.0484. The molecule has 0 heterocycles. The third-order valence-corrected chi connectivity index (χ3v) is 3.26. The molecule has 1 N–H and O–H groups in total. The number of phenolic OH excluding ortho intramolecular Hbond substituents is 1. The second-order valence-corrected chi connectivity index (χ2v) is 5.55. The molecule has 0 spiro atoms. The van der Waals surface area contributed by atoms with E-state index in [2.05, 4.69) is 26.8 Å². The highest BCUT2D eigenvalue weighted by molar-refractivity contribution is 5.49. The van der Waals surface area contributed by atoms with Crippen LogP contribution in [0.3, 0.4) is 0 Å². The predicted molar refractivity (Wildman–Crippen MR) is 63.4 cm³/mol. The Bertz CT molecular complexity index is 372. The highest BCUT2D eigenvalue weighted by atomic mass is 16.3. The lowest BCUT2D eigenvalue weighted by molar-refractivity contribution is 0.441. The van der Waals surface area contributed by atoms with Crippen LogP contribution in [0.2, 0.25) is 0 Å². The molecule has 0 saturated carbocycles. The van der Waals surface area contributed by atoms with Crippen LogP contribution in [0.25, 0.3) is 0 Å². The summed E-state index contributed by atoms with van der Waals surface area (Å²) in [5, 5.41) is 10.0. The van der Waals surface area contributed by atoms with Crippen LogP contribution in [0.5, 0.6) is 5.75 Å². The van der Waals surface area contributed by atoms with Crippen molar-refractivity contribution >= 4 is 0 Å². The molecular weight excluding hydrogens is 184 g/mol. The van der Waals surface area contributed by atoms with E-state index in [1.54, 1.807) is 0 Å². The summed E-state index contributed by atoms with van der Waals surface area (Å²) in [6.45, 7) is 6.53. The largest absolute Gasteiger partial charge is 0.508 e. The average molecular weight is 204 g/mol. The molecule has 1 aliphatic carbocycles. The number of rotatable bonds is 0. The van der Waals surface area contributed by atoms with Gasteiger partial charge in [0.05, 0.1) is 0 Å². The Morgan fingerprint density at radius 3 is 2.40 bits per heavy atom. The van der Waals surface area contributed by atoms with E-state index in [9.17, 15) is 5.11 Å². The molecule has 0 atom stereocenters. The van der Waals surface area contributed by atoms with E-state index in [0.29, 0.717) is 5.75 Å². The summed E-state index contributed by atoms with van der Waals surface area (Å²) in [5.41, 5.74) is 4.07. The quantitative estimate of drug-likeness (QED) is 0.685. The number of aromatic hydroxyl groups is 1. The highest BCUT2D eigenvalue weighted by Crippen LogP contribution is 2.38. The monoisotopic (exact) mass is 204 g/mol. The van der Waals surface area contributed by atoms with Crippen molar-refractivity contribution in [3.63, 3.8) is 0 Å². The number of hydrogen-bond donors (Lipinski definition) is 1. The van der Waals surface area contributed by atoms with Gasteiger partial charge in [0, 0.05) is 5.56 Å². The topological polar surface area (TPSA) is 20.2 Å². The Morgan fingerprint density at radius 2 is 1.73 bits per heavy atom. The van der Waals surface area contributed by atoms with Gasteiger partial charge in [-0.3, -0.25) is 0 Å². The van der Waals surface area contributed by atoms with Crippen molar-refractivity contribution in [2.45, 2.75) is 51.9 Å². The van der Waals surface area contributed by atoms with Gasteiger partial charge >= 0.3 is 0 Å². The van der Waals surface area contributed by atoms with Crippen LogP contribution in [-0.2, 0) is 18.3 Å². The van der Waals surface area contributed by atoms with Crippen LogP contribution in [0.4, 0.5) is 0 Å². The first-order chi connectivity index (χ1) is 7.00. The molecule has 0 amide bonds. The summed E-state index contributed by atoms with van der Waals surface area (Å²) in [4.78, 5) is 0. The molecule has 1 aromatic rings. The van der Waals surface area contributed by atoms with E-state index in [0.717, 1.165) is 6.42 Å². The van der Waals surface area contributed by atoms with Crippen molar-refractivity contribution in [1.82, 2.24) is 0 Å². The van der Waals surface area contributed by atoms with E-state index < -0.39 is 0 Å². The maximum absolute atomic E-state index is 10.0. The maximum atomic E-state index is 10.0. The van der Waals surface area contributed by atoms with Crippen LogP contribution >= 0.6 is 0 Å². The Balaban J connectivity index is 2.60. The van der Waals surface area contributed by atoms with Gasteiger partial charge in [0.25, 0.3) is 0 Å². The highest BCUT2D eigenvalue weighted by Gasteiger charge is 2.24. The van der Waals surface area contributed by atoms with Gasteiger partial charge in [0.2, 0.25) is 0 Å². The SMILES string of the molecule is CC(C)(C)c1c(O)ccc2c1CCCC2. The van der Waals surface area contributed by atoms with E-state index in [1.807, 2.05) is 6.07 Å². The molecule has 15 heavy (non-hydrogen) atoms. The zero-order valence-corrected chi connectivity index (χ0v) is 9.93. The van der Waals surface area contributed by atoms with E-state index >= 15 is 0 Å². The minimum Gasteiger partial charge on any atom is -0.508 e. The zero-order valence-electron chi connectivity index (χ0n) is 9.93. The summed E-state index contributed by atoms with van der Waals surface area (Å²) in [6.07, 6.45) is 4.87. The van der Waals surface area contributed by atoms with Gasteiger partial charge in [-0.2, -0.15) is 0 Å². The van der Waals surface area contributed by atoms with Crippen LogP contribution < -0.4 is 0 Å². The number of benzene rings is 1. The minimum absolute atomic E-state index is 0.0484. The lowest BCUT2D eigenvalue weighted by Crippen LogP contribution is -2.18. The molecule has 0 radical (unpaired) electrons. The van der Waals surface area contributed by atoms with Crippen LogP contribution in [0, 0.1) is 0 Å². The van der Waals surface area contributed by atoms with Gasteiger partial charge in [-0.1, -0.05) is 26.8 Å².